The average molecular weight is 222 g/mol. The third kappa shape index (κ3) is 3.31. The van der Waals surface area contributed by atoms with Crippen LogP contribution in [0.25, 0.3) is 0 Å². The Balaban J connectivity index is 2.64. The van der Waals surface area contributed by atoms with Gasteiger partial charge in [0.25, 0.3) is 5.91 Å². The molecule has 16 heavy (non-hydrogen) atoms. The lowest BCUT2D eigenvalue weighted by Crippen LogP contribution is -2.35. The molecule has 0 fully saturated rings. The van der Waals surface area contributed by atoms with Gasteiger partial charge in [0.05, 0.1) is 0 Å². The molecule has 1 amide bonds. The van der Waals surface area contributed by atoms with E-state index in [1.807, 2.05) is 19.1 Å². The zero-order valence-corrected chi connectivity index (χ0v) is 10.2. The van der Waals surface area contributed by atoms with Crippen molar-refractivity contribution in [2.45, 2.75) is 26.5 Å². The highest BCUT2D eigenvalue weighted by atomic mass is 16.5. The molecular formula is C12H18N2O2. The Morgan fingerprint density at radius 2 is 2.31 bits per heavy atom. The van der Waals surface area contributed by atoms with Gasteiger partial charge in [-0.1, -0.05) is 0 Å². The summed E-state index contributed by atoms with van der Waals surface area (Å²) < 4.78 is 4.99. The number of amides is 1. The van der Waals surface area contributed by atoms with Crippen LogP contribution in [0.15, 0.2) is 18.3 Å². The maximum Gasteiger partial charge on any atom is 0.251 e. The standard InChI is InChI=1S/C12H18N2O2/c1-9-7-11(5-6-13-9)8-14(3)12(15)10(2)16-4/h5-7,10H,8H2,1-4H3. The van der Waals surface area contributed by atoms with Gasteiger partial charge in [0, 0.05) is 32.6 Å². The lowest BCUT2D eigenvalue weighted by molar-refractivity contribution is -0.140. The highest BCUT2D eigenvalue weighted by Crippen LogP contribution is 2.06. The Bertz CT molecular complexity index is 366. The zero-order chi connectivity index (χ0) is 12.1. The monoisotopic (exact) mass is 222 g/mol. The number of aromatic nitrogens is 1. The summed E-state index contributed by atoms with van der Waals surface area (Å²) in [6, 6.07) is 3.88. The predicted octanol–water partition coefficient (Wildman–Crippen LogP) is 1.38. The van der Waals surface area contributed by atoms with Gasteiger partial charge in [-0.15, -0.1) is 0 Å². The molecule has 0 aliphatic heterocycles. The number of rotatable bonds is 4. The highest BCUT2D eigenvalue weighted by molar-refractivity contribution is 5.80. The quantitative estimate of drug-likeness (QED) is 0.773. The van der Waals surface area contributed by atoms with Crippen LogP contribution in [0.3, 0.4) is 0 Å². The largest absolute Gasteiger partial charge is 0.372 e. The lowest BCUT2D eigenvalue weighted by atomic mass is 10.2. The number of nitrogens with zero attached hydrogens (tertiary/aromatic N) is 2. The summed E-state index contributed by atoms with van der Waals surface area (Å²) in [5, 5.41) is 0. The number of hydrogen-bond acceptors (Lipinski definition) is 3. The van der Waals surface area contributed by atoms with Gasteiger partial charge in [-0.25, -0.2) is 0 Å². The van der Waals surface area contributed by atoms with E-state index in [1.54, 1.807) is 25.1 Å². The van der Waals surface area contributed by atoms with Crippen molar-refractivity contribution in [2.75, 3.05) is 14.2 Å². The second kappa shape index (κ2) is 5.61. The van der Waals surface area contributed by atoms with Gasteiger partial charge in [0.1, 0.15) is 6.10 Å². The maximum absolute atomic E-state index is 11.7. The molecule has 0 saturated heterocycles. The third-order valence-corrected chi connectivity index (χ3v) is 2.46. The van der Waals surface area contributed by atoms with Crippen molar-refractivity contribution in [3.05, 3.63) is 29.6 Å². The molecule has 4 nitrogen and oxygen atoms in total. The first-order valence-electron chi connectivity index (χ1n) is 5.24. The number of methoxy groups -OCH3 is 1. The molecule has 0 saturated carbocycles. The van der Waals surface area contributed by atoms with Crippen molar-refractivity contribution < 1.29 is 9.53 Å². The Labute approximate surface area is 96.2 Å². The van der Waals surface area contributed by atoms with Crippen LogP contribution in [-0.4, -0.2) is 36.1 Å². The van der Waals surface area contributed by atoms with Gasteiger partial charge in [-0.3, -0.25) is 9.78 Å². The van der Waals surface area contributed by atoms with Crippen LogP contribution in [-0.2, 0) is 16.1 Å². The van der Waals surface area contributed by atoms with Crippen molar-refractivity contribution in [2.24, 2.45) is 0 Å². The molecule has 0 aliphatic carbocycles. The topological polar surface area (TPSA) is 42.4 Å². The minimum absolute atomic E-state index is 0.0167. The Kier molecular flexibility index (Phi) is 4.43. The summed E-state index contributed by atoms with van der Waals surface area (Å²) >= 11 is 0. The molecule has 1 atom stereocenters. The van der Waals surface area contributed by atoms with Crippen molar-refractivity contribution in [1.82, 2.24) is 9.88 Å². The van der Waals surface area contributed by atoms with Crippen molar-refractivity contribution in [3.63, 3.8) is 0 Å². The molecule has 0 bridgehead atoms. The van der Waals surface area contributed by atoms with Gasteiger partial charge < -0.3 is 9.64 Å². The fourth-order valence-electron chi connectivity index (χ4n) is 1.47. The van der Waals surface area contributed by atoms with Crippen LogP contribution in [0, 0.1) is 6.92 Å². The van der Waals surface area contributed by atoms with E-state index in [-0.39, 0.29) is 5.91 Å². The van der Waals surface area contributed by atoms with E-state index in [4.69, 9.17) is 4.74 Å². The molecule has 0 spiro atoms. The molecule has 1 aromatic rings. The SMILES string of the molecule is COC(C)C(=O)N(C)Cc1ccnc(C)c1. The van der Waals surface area contributed by atoms with E-state index < -0.39 is 6.10 Å². The van der Waals surface area contributed by atoms with Crippen LogP contribution < -0.4 is 0 Å². The van der Waals surface area contributed by atoms with Crippen LogP contribution >= 0.6 is 0 Å². The minimum Gasteiger partial charge on any atom is -0.372 e. The van der Waals surface area contributed by atoms with E-state index in [2.05, 4.69) is 4.98 Å². The highest BCUT2D eigenvalue weighted by Gasteiger charge is 2.16. The van der Waals surface area contributed by atoms with Crippen LogP contribution in [0.5, 0.6) is 0 Å². The number of hydrogen-bond donors (Lipinski definition) is 0. The van der Waals surface area contributed by atoms with E-state index in [1.165, 1.54) is 7.11 Å². The fraction of sp³-hybridized carbons (Fsp3) is 0.500. The second-order valence-electron chi connectivity index (χ2n) is 3.88. The van der Waals surface area contributed by atoms with Gasteiger partial charge in [-0.2, -0.15) is 0 Å². The summed E-state index contributed by atoms with van der Waals surface area (Å²) in [5.41, 5.74) is 2.03. The summed E-state index contributed by atoms with van der Waals surface area (Å²) in [6.45, 7) is 4.26. The number of pyridine rings is 1. The van der Waals surface area contributed by atoms with Crippen LogP contribution in [0.1, 0.15) is 18.2 Å². The van der Waals surface area contributed by atoms with Crippen LogP contribution in [0.4, 0.5) is 0 Å². The van der Waals surface area contributed by atoms with Crippen molar-refractivity contribution in [1.29, 1.82) is 0 Å². The normalized spacial score (nSPS) is 12.2. The zero-order valence-electron chi connectivity index (χ0n) is 10.2. The first-order valence-corrected chi connectivity index (χ1v) is 5.24. The Hall–Kier alpha value is -1.42. The first-order chi connectivity index (χ1) is 7.54. The van der Waals surface area contributed by atoms with E-state index >= 15 is 0 Å². The fourth-order valence-corrected chi connectivity index (χ4v) is 1.47. The van der Waals surface area contributed by atoms with Crippen LogP contribution in [0.2, 0.25) is 0 Å². The van der Waals surface area contributed by atoms with Crippen molar-refractivity contribution >= 4 is 5.91 Å². The molecule has 0 radical (unpaired) electrons. The van der Waals surface area contributed by atoms with Gasteiger partial charge >= 0.3 is 0 Å². The summed E-state index contributed by atoms with van der Waals surface area (Å²) in [7, 11) is 3.31. The molecule has 1 unspecified atom stereocenters. The number of carbonyl (C=O) groups excluding carboxylic acids is 1. The summed E-state index contributed by atoms with van der Waals surface area (Å²) in [5.74, 6) is -0.0167. The Morgan fingerprint density at radius 1 is 1.62 bits per heavy atom. The molecule has 88 valence electrons. The molecular weight excluding hydrogens is 204 g/mol. The lowest BCUT2D eigenvalue weighted by Gasteiger charge is -2.20. The van der Waals surface area contributed by atoms with Gasteiger partial charge in [0.15, 0.2) is 0 Å². The summed E-state index contributed by atoms with van der Waals surface area (Å²) in [6.07, 6.45) is 1.36. The minimum atomic E-state index is -0.395. The molecule has 1 rings (SSSR count). The molecule has 0 aromatic carbocycles. The van der Waals surface area contributed by atoms with E-state index in [0.29, 0.717) is 6.54 Å². The molecule has 0 aliphatic rings. The molecule has 4 heteroatoms. The van der Waals surface area contributed by atoms with E-state index in [0.717, 1.165) is 11.3 Å². The first kappa shape index (κ1) is 12.6. The number of ether oxygens (including phenoxy) is 1. The predicted molar refractivity (Wildman–Crippen MR) is 61.9 cm³/mol. The smallest absolute Gasteiger partial charge is 0.251 e. The third-order valence-electron chi connectivity index (χ3n) is 2.46. The molecule has 0 N–H and O–H groups in total. The number of carbonyl (C=O) groups is 1. The number of likely N-dealkylation sites (N-methyl/N-ethyl adjacent to an activating group) is 1. The van der Waals surface area contributed by atoms with Gasteiger partial charge in [-0.05, 0) is 31.5 Å². The molecule has 1 heterocycles. The maximum atomic E-state index is 11.7. The van der Waals surface area contributed by atoms with Crippen molar-refractivity contribution in [3.8, 4) is 0 Å². The second-order valence-corrected chi connectivity index (χ2v) is 3.88. The summed E-state index contributed by atoms with van der Waals surface area (Å²) in [4.78, 5) is 17.5. The van der Waals surface area contributed by atoms with Gasteiger partial charge in [0.2, 0.25) is 0 Å². The Morgan fingerprint density at radius 3 is 2.88 bits per heavy atom. The van der Waals surface area contributed by atoms with E-state index in [9.17, 15) is 4.79 Å². The molecule has 1 aromatic heterocycles. The average Bonchev–Trinajstić information content (AvgIpc) is 2.27. The number of aryl methyl sites for hydroxylation is 1.